The fraction of sp³-hybridized carbons (Fsp3) is 0.182. The van der Waals surface area contributed by atoms with Crippen LogP contribution in [0.5, 0.6) is 0 Å². The van der Waals surface area contributed by atoms with E-state index in [2.05, 4.69) is 20.9 Å². The molecule has 0 atom stereocenters. The summed E-state index contributed by atoms with van der Waals surface area (Å²) in [7, 11) is 0. The lowest BCUT2D eigenvalue weighted by Gasteiger charge is -2.08. The Kier molecular flexibility index (Phi) is 2.66. The molecule has 2 rings (SSSR count). The van der Waals surface area contributed by atoms with Crippen LogP contribution < -0.4 is 0 Å². The largest absolute Gasteiger partial charge is 0.416 e. The van der Waals surface area contributed by atoms with Crippen LogP contribution in [0.25, 0.3) is 10.9 Å². The van der Waals surface area contributed by atoms with Crippen molar-refractivity contribution in [2.45, 2.75) is 13.1 Å². The van der Waals surface area contributed by atoms with Gasteiger partial charge in [0, 0.05) is 15.6 Å². The second-order valence-electron chi connectivity index (χ2n) is 3.48. The molecule has 0 amide bonds. The topological polar surface area (TPSA) is 12.9 Å². The van der Waals surface area contributed by atoms with Crippen molar-refractivity contribution in [2.75, 3.05) is 0 Å². The average molecular weight is 290 g/mol. The Morgan fingerprint density at radius 2 is 1.88 bits per heavy atom. The molecule has 0 saturated carbocycles. The molecule has 1 aromatic heterocycles. The summed E-state index contributed by atoms with van der Waals surface area (Å²) in [4.78, 5) is 4.16. The summed E-state index contributed by atoms with van der Waals surface area (Å²) in [5, 5.41) is 0.473. The van der Waals surface area contributed by atoms with Crippen LogP contribution in [0.15, 0.2) is 28.7 Å². The number of nitrogens with zero attached hydrogens (tertiary/aromatic N) is 1. The summed E-state index contributed by atoms with van der Waals surface area (Å²) in [5.74, 6) is 0. The van der Waals surface area contributed by atoms with Crippen LogP contribution in [0, 0.1) is 6.92 Å². The second kappa shape index (κ2) is 3.73. The Labute approximate surface area is 98.4 Å². The zero-order chi connectivity index (χ0) is 11.9. The lowest BCUT2D eigenvalue weighted by Crippen LogP contribution is -2.04. The Bertz CT molecular complexity index is 549. The van der Waals surface area contributed by atoms with Crippen molar-refractivity contribution in [3.05, 3.63) is 40.0 Å². The number of hydrogen-bond acceptors (Lipinski definition) is 1. The zero-order valence-corrected chi connectivity index (χ0v) is 9.85. The summed E-state index contributed by atoms with van der Waals surface area (Å²) < 4.78 is 38.1. The van der Waals surface area contributed by atoms with Gasteiger partial charge >= 0.3 is 6.18 Å². The van der Waals surface area contributed by atoms with Crippen molar-refractivity contribution < 1.29 is 13.2 Å². The van der Waals surface area contributed by atoms with E-state index in [-0.39, 0.29) is 0 Å². The molecule has 0 unspecified atom stereocenters. The molecule has 0 spiro atoms. The lowest BCUT2D eigenvalue weighted by molar-refractivity contribution is -0.137. The van der Waals surface area contributed by atoms with E-state index in [0.29, 0.717) is 15.4 Å². The van der Waals surface area contributed by atoms with Crippen molar-refractivity contribution in [1.29, 1.82) is 0 Å². The number of benzene rings is 1. The summed E-state index contributed by atoms with van der Waals surface area (Å²) in [6.45, 7) is 1.79. The van der Waals surface area contributed by atoms with Gasteiger partial charge in [-0.05, 0) is 31.2 Å². The van der Waals surface area contributed by atoms with Crippen molar-refractivity contribution in [3.8, 4) is 0 Å². The zero-order valence-electron chi connectivity index (χ0n) is 8.27. The van der Waals surface area contributed by atoms with Gasteiger partial charge in [-0.3, -0.25) is 4.98 Å². The molecule has 0 aliphatic heterocycles. The first-order valence-electron chi connectivity index (χ1n) is 4.52. The predicted octanol–water partition coefficient (Wildman–Crippen LogP) is 4.32. The van der Waals surface area contributed by atoms with Gasteiger partial charge in [-0.2, -0.15) is 13.2 Å². The van der Waals surface area contributed by atoms with E-state index in [0.717, 1.165) is 17.8 Å². The first kappa shape index (κ1) is 11.4. The molecule has 1 aromatic carbocycles. The maximum atomic E-state index is 12.5. The standard InChI is InChI=1S/C11H7BrF3N/c1-6-4-9(12)8-5-7(11(13,14)15)2-3-10(8)16-6/h2-5H,1H3. The molecule has 0 radical (unpaired) electrons. The molecule has 1 heterocycles. The Morgan fingerprint density at radius 1 is 1.19 bits per heavy atom. The van der Waals surface area contributed by atoms with Gasteiger partial charge in [-0.1, -0.05) is 15.9 Å². The third-order valence-corrected chi connectivity index (χ3v) is 2.87. The molecule has 84 valence electrons. The number of alkyl halides is 3. The minimum atomic E-state index is -4.32. The number of fused-ring (bicyclic) bond motifs is 1. The number of hydrogen-bond donors (Lipinski definition) is 0. The highest BCUT2D eigenvalue weighted by atomic mass is 79.9. The predicted molar refractivity (Wildman–Crippen MR) is 59.2 cm³/mol. The molecule has 0 saturated heterocycles. The Balaban J connectivity index is 2.72. The van der Waals surface area contributed by atoms with E-state index in [1.54, 1.807) is 13.0 Å². The highest BCUT2D eigenvalue weighted by molar-refractivity contribution is 9.10. The van der Waals surface area contributed by atoms with Gasteiger partial charge in [0.25, 0.3) is 0 Å². The maximum Gasteiger partial charge on any atom is 0.416 e. The van der Waals surface area contributed by atoms with Gasteiger partial charge in [-0.25, -0.2) is 0 Å². The summed E-state index contributed by atoms with van der Waals surface area (Å²) in [6, 6.07) is 5.23. The van der Waals surface area contributed by atoms with Gasteiger partial charge < -0.3 is 0 Å². The maximum absolute atomic E-state index is 12.5. The molecule has 2 aromatic rings. The second-order valence-corrected chi connectivity index (χ2v) is 4.33. The number of aryl methyl sites for hydroxylation is 1. The van der Waals surface area contributed by atoms with Gasteiger partial charge in [0.1, 0.15) is 0 Å². The lowest BCUT2D eigenvalue weighted by atomic mass is 10.1. The van der Waals surface area contributed by atoms with Crippen LogP contribution >= 0.6 is 15.9 Å². The highest BCUT2D eigenvalue weighted by Crippen LogP contribution is 2.33. The van der Waals surface area contributed by atoms with Crippen LogP contribution in [0.1, 0.15) is 11.3 Å². The van der Waals surface area contributed by atoms with Crippen LogP contribution in [-0.2, 0) is 6.18 Å². The van der Waals surface area contributed by atoms with Crippen LogP contribution in [0.4, 0.5) is 13.2 Å². The van der Waals surface area contributed by atoms with Gasteiger partial charge in [-0.15, -0.1) is 0 Å². The summed E-state index contributed by atoms with van der Waals surface area (Å²) >= 11 is 3.24. The first-order chi connectivity index (χ1) is 7.38. The molecule has 1 nitrogen and oxygen atoms in total. The molecular weight excluding hydrogens is 283 g/mol. The molecule has 0 aliphatic rings. The van der Waals surface area contributed by atoms with Crippen LogP contribution in [-0.4, -0.2) is 4.98 Å². The molecule has 0 bridgehead atoms. The van der Waals surface area contributed by atoms with Crippen molar-refractivity contribution >= 4 is 26.8 Å². The van der Waals surface area contributed by atoms with E-state index >= 15 is 0 Å². The average Bonchev–Trinajstić information content (AvgIpc) is 2.15. The van der Waals surface area contributed by atoms with Crippen LogP contribution in [0.3, 0.4) is 0 Å². The minimum absolute atomic E-state index is 0.473. The van der Waals surface area contributed by atoms with Gasteiger partial charge in [0.2, 0.25) is 0 Å². The molecule has 0 fully saturated rings. The Morgan fingerprint density at radius 3 is 2.50 bits per heavy atom. The fourth-order valence-corrected chi connectivity index (χ4v) is 2.13. The third kappa shape index (κ3) is 2.04. The molecule has 0 N–H and O–H groups in total. The number of pyridine rings is 1. The number of rotatable bonds is 0. The number of aromatic nitrogens is 1. The van der Waals surface area contributed by atoms with E-state index in [1.807, 2.05) is 0 Å². The van der Waals surface area contributed by atoms with Gasteiger partial charge in [0.05, 0.1) is 11.1 Å². The van der Waals surface area contributed by atoms with Crippen molar-refractivity contribution in [2.24, 2.45) is 0 Å². The SMILES string of the molecule is Cc1cc(Br)c2cc(C(F)(F)F)ccc2n1. The quantitative estimate of drug-likeness (QED) is 0.704. The van der Waals surface area contributed by atoms with E-state index in [9.17, 15) is 13.2 Å². The van der Waals surface area contributed by atoms with Crippen LogP contribution in [0.2, 0.25) is 0 Å². The monoisotopic (exact) mass is 289 g/mol. The smallest absolute Gasteiger partial charge is 0.253 e. The normalized spacial score (nSPS) is 12.1. The third-order valence-electron chi connectivity index (χ3n) is 2.21. The molecule has 16 heavy (non-hydrogen) atoms. The molecular formula is C11H7BrF3N. The summed E-state index contributed by atoms with van der Waals surface area (Å²) in [5.41, 5.74) is 0.658. The highest BCUT2D eigenvalue weighted by Gasteiger charge is 2.30. The molecule has 0 aliphatic carbocycles. The van der Waals surface area contributed by atoms with Gasteiger partial charge in [0.15, 0.2) is 0 Å². The summed E-state index contributed by atoms with van der Waals surface area (Å²) in [6.07, 6.45) is -4.32. The number of halogens is 4. The Hall–Kier alpha value is -1.10. The van der Waals surface area contributed by atoms with E-state index < -0.39 is 11.7 Å². The van der Waals surface area contributed by atoms with Crippen molar-refractivity contribution in [1.82, 2.24) is 4.98 Å². The first-order valence-corrected chi connectivity index (χ1v) is 5.31. The molecule has 5 heteroatoms. The minimum Gasteiger partial charge on any atom is -0.253 e. The fourth-order valence-electron chi connectivity index (χ4n) is 1.48. The van der Waals surface area contributed by atoms with E-state index in [1.165, 1.54) is 6.07 Å². The van der Waals surface area contributed by atoms with Crippen molar-refractivity contribution in [3.63, 3.8) is 0 Å². The van der Waals surface area contributed by atoms with E-state index in [4.69, 9.17) is 0 Å².